The molecule has 20 heavy (non-hydrogen) atoms. The highest BCUT2D eigenvalue weighted by molar-refractivity contribution is 5.42. The first-order chi connectivity index (χ1) is 9.69. The summed E-state index contributed by atoms with van der Waals surface area (Å²) in [6.45, 7) is 5.15. The van der Waals surface area contributed by atoms with E-state index in [2.05, 4.69) is 17.9 Å². The van der Waals surface area contributed by atoms with Crippen LogP contribution in [0.2, 0.25) is 0 Å². The molecule has 0 bridgehead atoms. The highest BCUT2D eigenvalue weighted by Crippen LogP contribution is 2.34. The molecule has 0 radical (unpaired) electrons. The van der Waals surface area contributed by atoms with Crippen LogP contribution in [-0.4, -0.2) is 38.8 Å². The fraction of sp³-hybridized carbons (Fsp3) is 0.625. The molecular formula is C16H26N2O2. The average Bonchev–Trinajstić information content (AvgIpc) is 2.50. The van der Waals surface area contributed by atoms with Crippen LogP contribution in [0.15, 0.2) is 18.2 Å². The standard InChI is InChI=1S/C16H26N2O2/c1-12-6-8-18(9-7-12)15(11-17)14-5-4-13(19-2)10-16(14)20-3/h4-5,10,12,15H,6-9,11,17H2,1-3H3/t15-/m1/s1. The van der Waals surface area contributed by atoms with E-state index in [0.717, 1.165) is 36.1 Å². The van der Waals surface area contributed by atoms with E-state index in [-0.39, 0.29) is 6.04 Å². The lowest BCUT2D eigenvalue weighted by Crippen LogP contribution is -2.39. The lowest BCUT2D eigenvalue weighted by atomic mass is 9.95. The Bertz CT molecular complexity index is 428. The molecule has 4 heteroatoms. The molecule has 1 fully saturated rings. The smallest absolute Gasteiger partial charge is 0.127 e. The predicted molar refractivity (Wildman–Crippen MR) is 81.3 cm³/mol. The summed E-state index contributed by atoms with van der Waals surface area (Å²) in [6, 6.07) is 6.22. The van der Waals surface area contributed by atoms with E-state index in [1.807, 2.05) is 12.1 Å². The minimum Gasteiger partial charge on any atom is -0.497 e. The zero-order chi connectivity index (χ0) is 14.5. The molecular weight excluding hydrogens is 252 g/mol. The van der Waals surface area contributed by atoms with Crippen molar-refractivity contribution < 1.29 is 9.47 Å². The fourth-order valence-electron chi connectivity index (χ4n) is 2.91. The van der Waals surface area contributed by atoms with Gasteiger partial charge in [0, 0.05) is 18.2 Å². The number of hydrogen-bond donors (Lipinski definition) is 1. The van der Waals surface area contributed by atoms with Crippen LogP contribution in [-0.2, 0) is 0 Å². The molecule has 2 N–H and O–H groups in total. The summed E-state index contributed by atoms with van der Waals surface area (Å²) in [5, 5.41) is 0. The second kappa shape index (κ2) is 6.95. The SMILES string of the molecule is COc1ccc([C@@H](CN)N2CCC(C)CC2)c(OC)c1. The summed E-state index contributed by atoms with van der Waals surface area (Å²) in [5.74, 6) is 2.49. The quantitative estimate of drug-likeness (QED) is 0.898. The Hall–Kier alpha value is -1.26. The van der Waals surface area contributed by atoms with E-state index in [4.69, 9.17) is 15.2 Å². The fourth-order valence-corrected chi connectivity index (χ4v) is 2.91. The molecule has 2 rings (SSSR count). The van der Waals surface area contributed by atoms with Crippen molar-refractivity contribution in [3.63, 3.8) is 0 Å². The lowest BCUT2D eigenvalue weighted by molar-refractivity contribution is 0.139. The van der Waals surface area contributed by atoms with Gasteiger partial charge in [-0.3, -0.25) is 4.90 Å². The molecule has 1 saturated heterocycles. The molecule has 0 spiro atoms. The van der Waals surface area contributed by atoms with E-state index in [0.29, 0.717) is 6.54 Å². The van der Waals surface area contributed by atoms with Crippen LogP contribution in [0.3, 0.4) is 0 Å². The van der Waals surface area contributed by atoms with E-state index < -0.39 is 0 Å². The van der Waals surface area contributed by atoms with Crippen LogP contribution >= 0.6 is 0 Å². The molecule has 1 aliphatic rings. The van der Waals surface area contributed by atoms with Gasteiger partial charge in [-0.1, -0.05) is 13.0 Å². The number of hydrogen-bond acceptors (Lipinski definition) is 4. The molecule has 1 atom stereocenters. The summed E-state index contributed by atoms with van der Waals surface area (Å²) in [6.07, 6.45) is 2.49. The Balaban J connectivity index is 2.22. The zero-order valence-electron chi connectivity index (χ0n) is 12.8. The molecule has 112 valence electrons. The Morgan fingerprint density at radius 2 is 1.95 bits per heavy atom. The molecule has 0 amide bonds. The number of nitrogens with zero attached hydrogens (tertiary/aromatic N) is 1. The largest absolute Gasteiger partial charge is 0.497 e. The lowest BCUT2D eigenvalue weighted by Gasteiger charge is -2.36. The first-order valence-electron chi connectivity index (χ1n) is 7.35. The molecule has 0 aromatic heterocycles. The van der Waals surface area contributed by atoms with Gasteiger partial charge < -0.3 is 15.2 Å². The third-order valence-corrected chi connectivity index (χ3v) is 4.28. The van der Waals surface area contributed by atoms with E-state index in [1.165, 1.54) is 12.8 Å². The molecule has 1 heterocycles. The molecule has 1 aromatic rings. The highest BCUT2D eigenvalue weighted by Gasteiger charge is 2.25. The molecule has 4 nitrogen and oxygen atoms in total. The molecule has 1 aromatic carbocycles. The van der Waals surface area contributed by atoms with Crippen molar-refractivity contribution in [3.05, 3.63) is 23.8 Å². The van der Waals surface area contributed by atoms with E-state index in [9.17, 15) is 0 Å². The minimum atomic E-state index is 0.225. The molecule has 0 aliphatic carbocycles. The van der Waals surface area contributed by atoms with Gasteiger partial charge in [0.25, 0.3) is 0 Å². The number of methoxy groups -OCH3 is 2. The van der Waals surface area contributed by atoms with Gasteiger partial charge in [0.1, 0.15) is 11.5 Å². The number of piperidine rings is 1. The molecule has 0 unspecified atom stereocenters. The average molecular weight is 278 g/mol. The Morgan fingerprint density at radius 1 is 1.25 bits per heavy atom. The third-order valence-electron chi connectivity index (χ3n) is 4.28. The maximum absolute atomic E-state index is 6.04. The van der Waals surface area contributed by atoms with Crippen LogP contribution < -0.4 is 15.2 Å². The number of benzene rings is 1. The first-order valence-corrected chi connectivity index (χ1v) is 7.35. The Labute approximate surface area is 121 Å². The van der Waals surface area contributed by atoms with Crippen molar-refractivity contribution in [2.24, 2.45) is 11.7 Å². The van der Waals surface area contributed by atoms with Crippen molar-refractivity contribution in [1.29, 1.82) is 0 Å². The van der Waals surface area contributed by atoms with Crippen molar-refractivity contribution in [2.75, 3.05) is 33.9 Å². The summed E-state index contributed by atoms with van der Waals surface area (Å²) >= 11 is 0. The minimum absolute atomic E-state index is 0.225. The van der Waals surface area contributed by atoms with Gasteiger partial charge in [-0.25, -0.2) is 0 Å². The van der Waals surface area contributed by atoms with Crippen molar-refractivity contribution in [1.82, 2.24) is 4.90 Å². The number of likely N-dealkylation sites (tertiary alicyclic amines) is 1. The topological polar surface area (TPSA) is 47.7 Å². The third kappa shape index (κ3) is 3.25. The number of nitrogens with two attached hydrogens (primary N) is 1. The van der Waals surface area contributed by atoms with Gasteiger partial charge in [0.2, 0.25) is 0 Å². The van der Waals surface area contributed by atoms with Crippen LogP contribution in [0, 0.1) is 5.92 Å². The summed E-state index contributed by atoms with van der Waals surface area (Å²) < 4.78 is 10.8. The van der Waals surface area contributed by atoms with Gasteiger partial charge in [-0.2, -0.15) is 0 Å². The van der Waals surface area contributed by atoms with E-state index in [1.54, 1.807) is 14.2 Å². The second-order valence-electron chi connectivity index (χ2n) is 5.58. The van der Waals surface area contributed by atoms with Crippen LogP contribution in [0.25, 0.3) is 0 Å². The van der Waals surface area contributed by atoms with Gasteiger partial charge in [0.15, 0.2) is 0 Å². The summed E-state index contributed by atoms with van der Waals surface area (Å²) in [7, 11) is 3.37. The summed E-state index contributed by atoms with van der Waals surface area (Å²) in [4.78, 5) is 2.48. The maximum atomic E-state index is 6.04. The second-order valence-corrected chi connectivity index (χ2v) is 5.58. The van der Waals surface area contributed by atoms with Crippen molar-refractivity contribution in [2.45, 2.75) is 25.8 Å². The van der Waals surface area contributed by atoms with Crippen molar-refractivity contribution >= 4 is 0 Å². The van der Waals surface area contributed by atoms with Crippen molar-refractivity contribution in [3.8, 4) is 11.5 Å². The number of ether oxygens (including phenoxy) is 2. The van der Waals surface area contributed by atoms with Gasteiger partial charge >= 0.3 is 0 Å². The van der Waals surface area contributed by atoms with Gasteiger partial charge in [-0.05, 0) is 37.9 Å². The normalized spacial score (nSPS) is 18.8. The van der Waals surface area contributed by atoms with Crippen LogP contribution in [0.5, 0.6) is 11.5 Å². The van der Waals surface area contributed by atoms with E-state index >= 15 is 0 Å². The predicted octanol–water partition coefficient (Wildman–Crippen LogP) is 2.44. The maximum Gasteiger partial charge on any atom is 0.127 e. The molecule has 0 saturated carbocycles. The summed E-state index contributed by atoms with van der Waals surface area (Å²) in [5.41, 5.74) is 7.19. The van der Waals surface area contributed by atoms with Crippen LogP contribution in [0.4, 0.5) is 0 Å². The first kappa shape index (κ1) is 15.1. The Kier molecular flexibility index (Phi) is 5.26. The monoisotopic (exact) mass is 278 g/mol. The molecule has 1 aliphatic heterocycles. The Morgan fingerprint density at radius 3 is 2.50 bits per heavy atom. The van der Waals surface area contributed by atoms with Crippen LogP contribution in [0.1, 0.15) is 31.4 Å². The van der Waals surface area contributed by atoms with Gasteiger partial charge in [0.05, 0.1) is 20.3 Å². The highest BCUT2D eigenvalue weighted by atomic mass is 16.5. The number of rotatable bonds is 5. The van der Waals surface area contributed by atoms with Gasteiger partial charge in [-0.15, -0.1) is 0 Å². The zero-order valence-corrected chi connectivity index (χ0v) is 12.8.